The first-order valence-corrected chi connectivity index (χ1v) is 6.55. The number of aromatic nitrogens is 1. The first kappa shape index (κ1) is 14.0. The van der Waals surface area contributed by atoms with E-state index in [0.29, 0.717) is 0 Å². The number of pyridine rings is 1. The van der Waals surface area contributed by atoms with Gasteiger partial charge in [-0.3, -0.25) is 4.98 Å². The Morgan fingerprint density at radius 1 is 1.41 bits per heavy atom. The summed E-state index contributed by atoms with van der Waals surface area (Å²) in [5, 5.41) is 3.22. The smallest absolute Gasteiger partial charge is 0.0598 e. The van der Waals surface area contributed by atoms with Crippen molar-refractivity contribution >= 4 is 5.69 Å². The molecule has 0 saturated carbocycles. The second kappa shape index (κ2) is 7.28. The van der Waals surface area contributed by atoms with E-state index in [0.717, 1.165) is 25.6 Å². The zero-order chi connectivity index (χ0) is 12.7. The molecule has 1 aromatic rings. The van der Waals surface area contributed by atoms with Crippen molar-refractivity contribution in [1.82, 2.24) is 10.3 Å². The molecule has 1 heterocycles. The Labute approximate surface area is 105 Å². The highest BCUT2D eigenvalue weighted by atomic mass is 15.1. The first-order valence-electron chi connectivity index (χ1n) is 6.55. The molecule has 0 saturated heterocycles. The lowest BCUT2D eigenvalue weighted by Crippen LogP contribution is -2.29. The molecule has 1 rings (SSSR count). The SMILES string of the molecule is CCC(C)CN(CC)c1cnccc1CNC. The van der Waals surface area contributed by atoms with E-state index in [4.69, 9.17) is 0 Å². The van der Waals surface area contributed by atoms with Gasteiger partial charge in [-0.2, -0.15) is 0 Å². The van der Waals surface area contributed by atoms with Gasteiger partial charge in [0.2, 0.25) is 0 Å². The molecule has 0 aliphatic rings. The zero-order valence-corrected chi connectivity index (χ0v) is 11.5. The topological polar surface area (TPSA) is 28.2 Å². The molecule has 17 heavy (non-hydrogen) atoms. The second-order valence-electron chi connectivity index (χ2n) is 4.59. The van der Waals surface area contributed by atoms with Crippen molar-refractivity contribution in [3.8, 4) is 0 Å². The van der Waals surface area contributed by atoms with Crippen LogP contribution in [0.1, 0.15) is 32.8 Å². The predicted octanol–water partition coefficient (Wildman–Crippen LogP) is 2.67. The lowest BCUT2D eigenvalue weighted by atomic mass is 10.1. The lowest BCUT2D eigenvalue weighted by molar-refractivity contribution is 0.546. The molecule has 0 amide bonds. The normalized spacial score (nSPS) is 12.5. The van der Waals surface area contributed by atoms with E-state index in [2.05, 4.69) is 42.0 Å². The highest BCUT2D eigenvalue weighted by Crippen LogP contribution is 2.20. The maximum atomic E-state index is 4.26. The maximum Gasteiger partial charge on any atom is 0.0598 e. The minimum absolute atomic E-state index is 0.720. The zero-order valence-electron chi connectivity index (χ0n) is 11.5. The summed E-state index contributed by atoms with van der Waals surface area (Å²) in [4.78, 5) is 6.68. The van der Waals surface area contributed by atoms with Crippen LogP contribution in [0.2, 0.25) is 0 Å². The highest BCUT2D eigenvalue weighted by Gasteiger charge is 2.11. The summed E-state index contributed by atoms with van der Waals surface area (Å²) in [6.45, 7) is 9.79. The Bertz CT molecular complexity index is 325. The molecule has 0 fully saturated rings. The summed E-state index contributed by atoms with van der Waals surface area (Å²) in [5.74, 6) is 0.720. The molecule has 0 bridgehead atoms. The van der Waals surface area contributed by atoms with Gasteiger partial charge >= 0.3 is 0 Å². The van der Waals surface area contributed by atoms with E-state index in [1.807, 2.05) is 19.4 Å². The number of rotatable bonds is 7. The standard InChI is InChI=1S/C14H25N3/c1-5-12(3)11-17(6-2)14-10-16-8-7-13(14)9-15-4/h7-8,10,12,15H,5-6,9,11H2,1-4H3. The number of hydrogen-bond acceptors (Lipinski definition) is 3. The van der Waals surface area contributed by atoms with Crippen molar-refractivity contribution in [1.29, 1.82) is 0 Å². The van der Waals surface area contributed by atoms with Crippen LogP contribution in [0, 0.1) is 5.92 Å². The van der Waals surface area contributed by atoms with Gasteiger partial charge in [-0.05, 0) is 31.5 Å². The highest BCUT2D eigenvalue weighted by molar-refractivity contribution is 5.51. The Morgan fingerprint density at radius 3 is 2.76 bits per heavy atom. The van der Waals surface area contributed by atoms with E-state index < -0.39 is 0 Å². The lowest BCUT2D eigenvalue weighted by Gasteiger charge is -2.27. The number of anilines is 1. The van der Waals surface area contributed by atoms with Crippen molar-refractivity contribution in [2.24, 2.45) is 5.92 Å². The Balaban J connectivity index is 2.86. The summed E-state index contributed by atoms with van der Waals surface area (Å²) in [6, 6.07) is 2.10. The summed E-state index contributed by atoms with van der Waals surface area (Å²) >= 11 is 0. The van der Waals surface area contributed by atoms with Crippen molar-refractivity contribution in [3.05, 3.63) is 24.0 Å². The fourth-order valence-corrected chi connectivity index (χ4v) is 1.94. The minimum Gasteiger partial charge on any atom is -0.370 e. The quantitative estimate of drug-likeness (QED) is 0.787. The summed E-state index contributed by atoms with van der Waals surface area (Å²) in [6.07, 6.45) is 5.07. The van der Waals surface area contributed by atoms with Crippen LogP contribution in [-0.2, 0) is 6.54 Å². The summed E-state index contributed by atoms with van der Waals surface area (Å²) < 4.78 is 0. The van der Waals surface area contributed by atoms with E-state index in [1.165, 1.54) is 17.7 Å². The molecule has 1 aromatic heterocycles. The monoisotopic (exact) mass is 235 g/mol. The number of nitrogens with one attached hydrogen (secondary N) is 1. The number of nitrogens with zero attached hydrogens (tertiary/aromatic N) is 2. The Hall–Kier alpha value is -1.09. The van der Waals surface area contributed by atoms with Crippen LogP contribution in [0.15, 0.2) is 18.5 Å². The summed E-state index contributed by atoms with van der Waals surface area (Å²) in [7, 11) is 1.98. The van der Waals surface area contributed by atoms with Crippen molar-refractivity contribution < 1.29 is 0 Å². The molecule has 3 heteroatoms. The molecular weight excluding hydrogens is 210 g/mol. The minimum atomic E-state index is 0.720. The number of hydrogen-bond donors (Lipinski definition) is 1. The largest absolute Gasteiger partial charge is 0.370 e. The van der Waals surface area contributed by atoms with Gasteiger partial charge in [0.1, 0.15) is 0 Å². The molecule has 1 N–H and O–H groups in total. The van der Waals surface area contributed by atoms with Crippen molar-refractivity contribution in [3.63, 3.8) is 0 Å². The van der Waals surface area contributed by atoms with Gasteiger partial charge in [0, 0.05) is 25.8 Å². The van der Waals surface area contributed by atoms with Crippen LogP contribution in [0.25, 0.3) is 0 Å². The first-order chi connectivity index (χ1) is 8.22. The third kappa shape index (κ3) is 4.00. The van der Waals surface area contributed by atoms with Crippen LogP contribution >= 0.6 is 0 Å². The molecule has 3 nitrogen and oxygen atoms in total. The predicted molar refractivity (Wildman–Crippen MR) is 74.3 cm³/mol. The average Bonchev–Trinajstić information content (AvgIpc) is 2.37. The fourth-order valence-electron chi connectivity index (χ4n) is 1.94. The molecule has 0 aliphatic heterocycles. The van der Waals surface area contributed by atoms with Crippen LogP contribution in [0.3, 0.4) is 0 Å². The van der Waals surface area contributed by atoms with Gasteiger partial charge in [-0.1, -0.05) is 20.3 Å². The molecule has 1 atom stereocenters. The van der Waals surface area contributed by atoms with E-state index in [1.54, 1.807) is 0 Å². The molecule has 0 spiro atoms. The maximum absolute atomic E-state index is 4.26. The van der Waals surface area contributed by atoms with Gasteiger partial charge in [0.05, 0.1) is 11.9 Å². The third-order valence-corrected chi connectivity index (χ3v) is 3.21. The molecule has 1 unspecified atom stereocenters. The van der Waals surface area contributed by atoms with Crippen LogP contribution < -0.4 is 10.2 Å². The van der Waals surface area contributed by atoms with E-state index >= 15 is 0 Å². The molecular formula is C14H25N3. The van der Waals surface area contributed by atoms with Crippen LogP contribution in [0.5, 0.6) is 0 Å². The van der Waals surface area contributed by atoms with Gasteiger partial charge in [-0.15, -0.1) is 0 Å². The van der Waals surface area contributed by atoms with Gasteiger partial charge in [-0.25, -0.2) is 0 Å². The molecule has 0 aliphatic carbocycles. The van der Waals surface area contributed by atoms with Crippen molar-refractivity contribution in [2.45, 2.75) is 33.7 Å². The van der Waals surface area contributed by atoms with E-state index in [-0.39, 0.29) is 0 Å². The van der Waals surface area contributed by atoms with Crippen molar-refractivity contribution in [2.75, 3.05) is 25.0 Å². The fraction of sp³-hybridized carbons (Fsp3) is 0.643. The van der Waals surface area contributed by atoms with Gasteiger partial charge in [0.15, 0.2) is 0 Å². The third-order valence-electron chi connectivity index (χ3n) is 3.21. The van der Waals surface area contributed by atoms with E-state index in [9.17, 15) is 0 Å². The van der Waals surface area contributed by atoms with Gasteiger partial charge < -0.3 is 10.2 Å². The summed E-state index contributed by atoms with van der Waals surface area (Å²) in [5.41, 5.74) is 2.59. The molecule has 0 aromatic carbocycles. The van der Waals surface area contributed by atoms with Crippen LogP contribution in [-0.4, -0.2) is 25.1 Å². The van der Waals surface area contributed by atoms with Gasteiger partial charge in [0.25, 0.3) is 0 Å². The Kier molecular flexibility index (Phi) is 5.98. The second-order valence-corrected chi connectivity index (χ2v) is 4.59. The van der Waals surface area contributed by atoms with Crippen LogP contribution in [0.4, 0.5) is 5.69 Å². The molecule has 0 radical (unpaired) electrons. The Morgan fingerprint density at radius 2 is 2.18 bits per heavy atom. The molecule has 96 valence electrons. The average molecular weight is 235 g/mol.